The number of carbonyl (C=O) groups excluding carboxylic acids is 1. The molecular formula is C14H20N2O4. The predicted molar refractivity (Wildman–Crippen MR) is 76.0 cm³/mol. The molecule has 1 amide bonds. The van der Waals surface area contributed by atoms with Gasteiger partial charge in [0.2, 0.25) is 5.91 Å². The van der Waals surface area contributed by atoms with Gasteiger partial charge in [0.1, 0.15) is 5.75 Å². The number of benzene rings is 1. The standard InChI is InChI=1S/C14H20N2O4/c1-3-15-10(2)8-13(17)16-11-4-6-12(7-5-11)20-9-14(18)19/h4-7,10,15H,3,8-9H2,1-2H3,(H,16,17)(H,18,19). The van der Waals surface area contributed by atoms with Crippen molar-refractivity contribution in [1.82, 2.24) is 5.32 Å². The van der Waals surface area contributed by atoms with E-state index in [0.717, 1.165) is 6.54 Å². The van der Waals surface area contributed by atoms with Gasteiger partial charge < -0.3 is 20.5 Å². The highest BCUT2D eigenvalue weighted by molar-refractivity contribution is 5.91. The smallest absolute Gasteiger partial charge is 0.341 e. The number of anilines is 1. The number of hydrogen-bond acceptors (Lipinski definition) is 4. The van der Waals surface area contributed by atoms with Gasteiger partial charge in [-0.3, -0.25) is 4.79 Å². The van der Waals surface area contributed by atoms with Crippen LogP contribution in [0.25, 0.3) is 0 Å². The van der Waals surface area contributed by atoms with Crippen molar-refractivity contribution in [1.29, 1.82) is 0 Å². The summed E-state index contributed by atoms with van der Waals surface area (Å²) < 4.78 is 5.00. The van der Waals surface area contributed by atoms with Crippen LogP contribution in [-0.4, -0.2) is 36.2 Å². The van der Waals surface area contributed by atoms with Crippen molar-refractivity contribution in [2.45, 2.75) is 26.3 Å². The van der Waals surface area contributed by atoms with Crippen molar-refractivity contribution in [2.24, 2.45) is 0 Å². The van der Waals surface area contributed by atoms with E-state index < -0.39 is 5.97 Å². The summed E-state index contributed by atoms with van der Waals surface area (Å²) in [5, 5.41) is 14.4. The quantitative estimate of drug-likeness (QED) is 0.671. The summed E-state index contributed by atoms with van der Waals surface area (Å²) in [5.41, 5.74) is 0.654. The Balaban J connectivity index is 2.44. The van der Waals surface area contributed by atoms with Gasteiger partial charge in [0, 0.05) is 18.2 Å². The average molecular weight is 280 g/mol. The van der Waals surface area contributed by atoms with Crippen LogP contribution in [0.1, 0.15) is 20.3 Å². The number of rotatable bonds is 8. The van der Waals surface area contributed by atoms with Gasteiger partial charge in [0.25, 0.3) is 0 Å². The number of amides is 1. The molecule has 0 fully saturated rings. The van der Waals surface area contributed by atoms with Crippen LogP contribution in [0.15, 0.2) is 24.3 Å². The highest BCUT2D eigenvalue weighted by Crippen LogP contribution is 2.15. The first-order valence-corrected chi connectivity index (χ1v) is 6.49. The van der Waals surface area contributed by atoms with Gasteiger partial charge in [-0.2, -0.15) is 0 Å². The van der Waals surface area contributed by atoms with Crippen LogP contribution in [0.2, 0.25) is 0 Å². The van der Waals surface area contributed by atoms with E-state index in [2.05, 4.69) is 10.6 Å². The topological polar surface area (TPSA) is 87.7 Å². The summed E-state index contributed by atoms with van der Waals surface area (Å²) in [6, 6.07) is 6.71. The summed E-state index contributed by atoms with van der Waals surface area (Å²) in [5.74, 6) is -0.649. The molecular weight excluding hydrogens is 260 g/mol. The van der Waals surface area contributed by atoms with E-state index in [1.807, 2.05) is 13.8 Å². The highest BCUT2D eigenvalue weighted by atomic mass is 16.5. The maximum Gasteiger partial charge on any atom is 0.341 e. The van der Waals surface area contributed by atoms with Gasteiger partial charge in [-0.1, -0.05) is 6.92 Å². The third-order valence-electron chi connectivity index (χ3n) is 2.54. The number of carboxylic acids is 1. The Kier molecular flexibility index (Phi) is 6.52. The van der Waals surface area contributed by atoms with Crippen LogP contribution in [0.4, 0.5) is 5.69 Å². The maximum atomic E-state index is 11.7. The zero-order chi connectivity index (χ0) is 15.0. The van der Waals surface area contributed by atoms with Gasteiger partial charge in [0.05, 0.1) is 0 Å². The molecule has 3 N–H and O–H groups in total. The largest absolute Gasteiger partial charge is 0.482 e. The van der Waals surface area contributed by atoms with E-state index in [1.165, 1.54) is 0 Å². The van der Waals surface area contributed by atoms with Gasteiger partial charge in [-0.05, 0) is 37.7 Å². The van der Waals surface area contributed by atoms with Crippen molar-refractivity contribution >= 4 is 17.6 Å². The van der Waals surface area contributed by atoms with Gasteiger partial charge in [-0.15, -0.1) is 0 Å². The number of aliphatic carboxylic acids is 1. The van der Waals surface area contributed by atoms with Crippen molar-refractivity contribution in [3.8, 4) is 5.75 Å². The van der Waals surface area contributed by atoms with Crippen LogP contribution in [0.3, 0.4) is 0 Å². The molecule has 6 nitrogen and oxygen atoms in total. The number of carbonyl (C=O) groups is 2. The molecule has 1 aromatic carbocycles. The summed E-state index contributed by atoms with van der Waals surface area (Å²) in [6.07, 6.45) is 0.394. The molecule has 1 aromatic rings. The van der Waals surface area contributed by atoms with Crippen molar-refractivity contribution in [2.75, 3.05) is 18.5 Å². The Morgan fingerprint density at radius 2 is 1.95 bits per heavy atom. The molecule has 0 spiro atoms. The summed E-state index contributed by atoms with van der Waals surface area (Å²) in [4.78, 5) is 22.1. The SMILES string of the molecule is CCNC(C)CC(=O)Nc1ccc(OCC(=O)O)cc1. The van der Waals surface area contributed by atoms with Crippen LogP contribution < -0.4 is 15.4 Å². The second-order valence-electron chi connectivity index (χ2n) is 4.42. The van der Waals surface area contributed by atoms with Crippen molar-refractivity contribution < 1.29 is 19.4 Å². The number of carboxylic acid groups (broad SMARTS) is 1. The zero-order valence-corrected chi connectivity index (χ0v) is 11.7. The second-order valence-corrected chi connectivity index (χ2v) is 4.42. The van der Waals surface area contributed by atoms with Crippen LogP contribution >= 0.6 is 0 Å². The molecule has 0 aromatic heterocycles. The Labute approximate surface area is 118 Å². The molecule has 110 valence electrons. The third kappa shape index (κ3) is 6.19. The molecule has 0 heterocycles. The van der Waals surface area contributed by atoms with E-state index in [1.54, 1.807) is 24.3 Å². The Hall–Kier alpha value is -2.08. The molecule has 6 heteroatoms. The fraction of sp³-hybridized carbons (Fsp3) is 0.429. The van der Waals surface area contributed by atoms with E-state index in [9.17, 15) is 9.59 Å². The fourth-order valence-corrected chi connectivity index (χ4v) is 1.69. The molecule has 0 saturated heterocycles. The lowest BCUT2D eigenvalue weighted by molar-refractivity contribution is -0.139. The normalized spacial score (nSPS) is 11.7. The zero-order valence-electron chi connectivity index (χ0n) is 11.7. The number of hydrogen-bond donors (Lipinski definition) is 3. The summed E-state index contributed by atoms with van der Waals surface area (Å²) >= 11 is 0. The number of nitrogens with one attached hydrogen (secondary N) is 2. The fourth-order valence-electron chi connectivity index (χ4n) is 1.69. The van der Waals surface area contributed by atoms with Crippen molar-refractivity contribution in [3.05, 3.63) is 24.3 Å². The Bertz CT molecular complexity index is 445. The summed E-state index contributed by atoms with van der Waals surface area (Å²) in [6.45, 7) is 4.38. The molecule has 0 saturated carbocycles. The predicted octanol–water partition coefficient (Wildman–Crippen LogP) is 1.48. The summed E-state index contributed by atoms with van der Waals surface area (Å²) in [7, 11) is 0. The minimum absolute atomic E-state index is 0.0716. The van der Waals surface area contributed by atoms with E-state index >= 15 is 0 Å². The van der Waals surface area contributed by atoms with Crippen molar-refractivity contribution in [3.63, 3.8) is 0 Å². The van der Waals surface area contributed by atoms with Gasteiger partial charge >= 0.3 is 5.97 Å². The van der Waals surface area contributed by atoms with Gasteiger partial charge in [0.15, 0.2) is 6.61 Å². The Morgan fingerprint density at radius 3 is 2.50 bits per heavy atom. The second kappa shape index (κ2) is 8.16. The first kappa shape index (κ1) is 16.0. The molecule has 0 aliphatic rings. The minimum Gasteiger partial charge on any atom is -0.482 e. The molecule has 0 aliphatic heterocycles. The van der Waals surface area contributed by atoms with Gasteiger partial charge in [-0.25, -0.2) is 4.79 Å². The molecule has 1 atom stereocenters. The molecule has 1 rings (SSSR count). The molecule has 20 heavy (non-hydrogen) atoms. The molecule has 0 radical (unpaired) electrons. The van der Waals surface area contributed by atoms with E-state index in [4.69, 9.17) is 9.84 Å². The van der Waals surface area contributed by atoms with E-state index in [-0.39, 0.29) is 18.6 Å². The monoisotopic (exact) mass is 280 g/mol. The lowest BCUT2D eigenvalue weighted by Crippen LogP contribution is -2.30. The first-order chi connectivity index (χ1) is 9.51. The molecule has 1 unspecified atom stereocenters. The van der Waals surface area contributed by atoms with E-state index in [0.29, 0.717) is 17.9 Å². The third-order valence-corrected chi connectivity index (χ3v) is 2.54. The highest BCUT2D eigenvalue weighted by Gasteiger charge is 2.08. The van der Waals surface area contributed by atoms with Crippen LogP contribution in [0, 0.1) is 0 Å². The number of ether oxygens (including phenoxy) is 1. The van der Waals surface area contributed by atoms with Crippen LogP contribution in [-0.2, 0) is 9.59 Å². The molecule has 0 bridgehead atoms. The average Bonchev–Trinajstić information content (AvgIpc) is 2.37. The first-order valence-electron chi connectivity index (χ1n) is 6.49. The lowest BCUT2D eigenvalue weighted by Gasteiger charge is -2.12. The van der Waals surface area contributed by atoms with Crippen LogP contribution in [0.5, 0.6) is 5.75 Å². The minimum atomic E-state index is -1.03. The molecule has 0 aliphatic carbocycles. The maximum absolute atomic E-state index is 11.7. The Morgan fingerprint density at radius 1 is 1.30 bits per heavy atom. The lowest BCUT2D eigenvalue weighted by atomic mass is 10.2.